The van der Waals surface area contributed by atoms with Crippen molar-refractivity contribution in [2.75, 3.05) is 11.4 Å². The summed E-state index contributed by atoms with van der Waals surface area (Å²) in [5.41, 5.74) is 4.62. The van der Waals surface area contributed by atoms with Crippen molar-refractivity contribution in [1.29, 1.82) is 0 Å². The van der Waals surface area contributed by atoms with Crippen molar-refractivity contribution in [3.63, 3.8) is 0 Å². The molecule has 3 aromatic carbocycles. The third-order valence-electron chi connectivity index (χ3n) is 4.88. The summed E-state index contributed by atoms with van der Waals surface area (Å²) in [6, 6.07) is 25.6. The molecular formula is C24H20ClNO. The van der Waals surface area contributed by atoms with E-state index in [2.05, 4.69) is 6.07 Å². The number of aryl methyl sites for hydroxylation is 1. The molecule has 1 aliphatic heterocycles. The zero-order valence-corrected chi connectivity index (χ0v) is 15.7. The van der Waals surface area contributed by atoms with E-state index in [0.29, 0.717) is 10.6 Å². The standard InChI is InChI=1S/C24H20ClNO/c25-22-14-6-4-12-20(22)17-21(18-9-2-1-3-10-18)24(27)26-16-8-13-19-11-5-7-15-23(19)26/h1-7,9-12,14-15,17H,8,13,16H2/b21-17+. The minimum absolute atomic E-state index is 0.00766. The van der Waals surface area contributed by atoms with Gasteiger partial charge in [-0.2, -0.15) is 0 Å². The number of rotatable bonds is 3. The van der Waals surface area contributed by atoms with E-state index in [4.69, 9.17) is 11.6 Å². The Morgan fingerprint density at radius 3 is 2.41 bits per heavy atom. The Bertz CT molecular complexity index is 994. The molecule has 1 aliphatic rings. The van der Waals surface area contributed by atoms with E-state index >= 15 is 0 Å². The molecular weight excluding hydrogens is 354 g/mol. The molecule has 0 spiro atoms. The van der Waals surface area contributed by atoms with Crippen LogP contribution in [0.25, 0.3) is 11.6 Å². The van der Waals surface area contributed by atoms with Crippen molar-refractivity contribution in [3.05, 3.63) is 101 Å². The zero-order chi connectivity index (χ0) is 18.6. The van der Waals surface area contributed by atoms with E-state index in [1.165, 1.54) is 5.56 Å². The lowest BCUT2D eigenvalue weighted by Gasteiger charge is -2.30. The molecule has 2 nitrogen and oxygen atoms in total. The number of anilines is 1. The molecule has 27 heavy (non-hydrogen) atoms. The summed E-state index contributed by atoms with van der Waals surface area (Å²) in [6.45, 7) is 0.725. The molecule has 0 radical (unpaired) electrons. The van der Waals surface area contributed by atoms with Crippen LogP contribution in [-0.2, 0) is 11.2 Å². The number of para-hydroxylation sites is 1. The molecule has 0 unspecified atom stereocenters. The highest BCUT2D eigenvalue weighted by molar-refractivity contribution is 6.34. The van der Waals surface area contributed by atoms with Crippen LogP contribution in [0, 0.1) is 0 Å². The molecule has 0 aromatic heterocycles. The van der Waals surface area contributed by atoms with Crippen LogP contribution in [0.15, 0.2) is 78.9 Å². The average molecular weight is 374 g/mol. The predicted molar refractivity (Wildman–Crippen MR) is 113 cm³/mol. The predicted octanol–water partition coefficient (Wildman–Crippen LogP) is 5.86. The maximum absolute atomic E-state index is 13.6. The maximum Gasteiger partial charge on any atom is 0.258 e. The fraction of sp³-hybridized carbons (Fsp3) is 0.125. The Hall–Kier alpha value is -2.84. The Kier molecular flexibility index (Phi) is 5.08. The van der Waals surface area contributed by atoms with Gasteiger partial charge in [-0.15, -0.1) is 0 Å². The van der Waals surface area contributed by atoms with Crippen molar-refractivity contribution >= 4 is 34.8 Å². The number of benzene rings is 3. The molecule has 1 amide bonds. The van der Waals surface area contributed by atoms with E-state index in [1.807, 2.05) is 83.8 Å². The smallest absolute Gasteiger partial charge is 0.258 e. The third kappa shape index (κ3) is 3.67. The highest BCUT2D eigenvalue weighted by Crippen LogP contribution is 2.31. The highest BCUT2D eigenvalue weighted by Gasteiger charge is 2.25. The zero-order valence-electron chi connectivity index (χ0n) is 14.9. The summed E-state index contributed by atoms with van der Waals surface area (Å²) in [6.07, 6.45) is 3.88. The van der Waals surface area contributed by atoms with E-state index in [9.17, 15) is 4.79 Å². The van der Waals surface area contributed by atoms with Gasteiger partial charge in [0, 0.05) is 22.8 Å². The van der Waals surface area contributed by atoms with Crippen LogP contribution < -0.4 is 4.90 Å². The molecule has 0 saturated heterocycles. The molecule has 3 heteroatoms. The Morgan fingerprint density at radius 1 is 0.889 bits per heavy atom. The summed E-state index contributed by atoms with van der Waals surface area (Å²) in [5.74, 6) is 0.00766. The first-order chi connectivity index (χ1) is 13.2. The van der Waals surface area contributed by atoms with Gasteiger partial charge >= 0.3 is 0 Å². The molecule has 4 rings (SSSR count). The minimum Gasteiger partial charge on any atom is -0.308 e. The summed E-state index contributed by atoms with van der Waals surface area (Å²) in [7, 11) is 0. The molecule has 3 aromatic rings. The summed E-state index contributed by atoms with van der Waals surface area (Å²) < 4.78 is 0. The van der Waals surface area contributed by atoms with Crippen molar-refractivity contribution in [2.24, 2.45) is 0 Å². The van der Waals surface area contributed by atoms with Gasteiger partial charge in [0.1, 0.15) is 0 Å². The summed E-state index contributed by atoms with van der Waals surface area (Å²) >= 11 is 6.36. The Balaban J connectivity index is 1.81. The van der Waals surface area contributed by atoms with Crippen LogP contribution in [0.4, 0.5) is 5.69 Å². The molecule has 0 atom stereocenters. The average Bonchev–Trinajstić information content (AvgIpc) is 2.73. The fourth-order valence-electron chi connectivity index (χ4n) is 3.52. The van der Waals surface area contributed by atoms with E-state index in [-0.39, 0.29) is 5.91 Å². The molecule has 134 valence electrons. The first kappa shape index (κ1) is 17.6. The van der Waals surface area contributed by atoms with Crippen LogP contribution in [-0.4, -0.2) is 12.5 Å². The largest absolute Gasteiger partial charge is 0.308 e. The number of halogens is 1. The van der Waals surface area contributed by atoms with Crippen molar-refractivity contribution in [1.82, 2.24) is 0 Å². The van der Waals surface area contributed by atoms with Crippen LogP contribution in [0.1, 0.15) is 23.1 Å². The van der Waals surface area contributed by atoms with Crippen molar-refractivity contribution < 1.29 is 4.79 Å². The molecule has 1 heterocycles. The first-order valence-electron chi connectivity index (χ1n) is 9.15. The van der Waals surface area contributed by atoms with E-state index in [1.54, 1.807) is 0 Å². The van der Waals surface area contributed by atoms with Crippen molar-refractivity contribution in [3.8, 4) is 0 Å². The van der Waals surface area contributed by atoms with Gasteiger partial charge in [-0.3, -0.25) is 4.79 Å². The normalized spacial score (nSPS) is 14.0. The van der Waals surface area contributed by atoms with Gasteiger partial charge in [-0.1, -0.05) is 78.3 Å². The highest BCUT2D eigenvalue weighted by atomic mass is 35.5. The maximum atomic E-state index is 13.6. The molecule has 0 N–H and O–H groups in total. The first-order valence-corrected chi connectivity index (χ1v) is 9.53. The van der Waals surface area contributed by atoms with Gasteiger partial charge < -0.3 is 4.90 Å². The minimum atomic E-state index is 0.00766. The second-order valence-electron chi connectivity index (χ2n) is 6.63. The molecule has 0 aliphatic carbocycles. The van der Waals surface area contributed by atoms with Gasteiger partial charge in [0.2, 0.25) is 0 Å². The number of nitrogens with zero attached hydrogens (tertiary/aromatic N) is 1. The van der Waals surface area contributed by atoms with Crippen LogP contribution >= 0.6 is 11.6 Å². The molecule has 0 bridgehead atoms. The fourth-order valence-corrected chi connectivity index (χ4v) is 3.71. The SMILES string of the molecule is O=C(/C(=C/c1ccccc1Cl)c1ccccc1)N1CCCc2ccccc21. The quantitative estimate of drug-likeness (QED) is 0.416. The second-order valence-corrected chi connectivity index (χ2v) is 7.04. The topological polar surface area (TPSA) is 20.3 Å². The second kappa shape index (κ2) is 7.81. The Morgan fingerprint density at radius 2 is 1.59 bits per heavy atom. The number of carbonyl (C=O) groups is 1. The summed E-state index contributed by atoms with van der Waals surface area (Å²) in [5, 5.41) is 0.637. The lowest BCUT2D eigenvalue weighted by Crippen LogP contribution is -2.36. The van der Waals surface area contributed by atoms with Crippen LogP contribution in [0.5, 0.6) is 0 Å². The van der Waals surface area contributed by atoms with Gasteiger partial charge in [0.15, 0.2) is 0 Å². The number of fused-ring (bicyclic) bond motifs is 1. The lowest BCUT2D eigenvalue weighted by molar-refractivity contribution is -0.113. The van der Waals surface area contributed by atoms with Gasteiger partial charge in [0.25, 0.3) is 5.91 Å². The van der Waals surface area contributed by atoms with Crippen molar-refractivity contribution in [2.45, 2.75) is 12.8 Å². The van der Waals surface area contributed by atoms with Crippen LogP contribution in [0.2, 0.25) is 5.02 Å². The Labute approximate surface area is 164 Å². The number of hydrogen-bond acceptors (Lipinski definition) is 1. The monoisotopic (exact) mass is 373 g/mol. The van der Waals surface area contributed by atoms with Gasteiger partial charge in [-0.05, 0) is 47.7 Å². The number of carbonyl (C=O) groups excluding carboxylic acids is 1. The molecule has 0 fully saturated rings. The van der Waals surface area contributed by atoms with E-state index in [0.717, 1.165) is 36.2 Å². The number of hydrogen-bond donors (Lipinski definition) is 0. The van der Waals surface area contributed by atoms with Gasteiger partial charge in [-0.25, -0.2) is 0 Å². The summed E-state index contributed by atoms with van der Waals surface area (Å²) in [4.78, 5) is 15.5. The van der Waals surface area contributed by atoms with E-state index < -0.39 is 0 Å². The lowest BCUT2D eigenvalue weighted by atomic mass is 9.97. The van der Waals surface area contributed by atoms with Crippen LogP contribution in [0.3, 0.4) is 0 Å². The molecule has 0 saturated carbocycles. The number of amides is 1. The van der Waals surface area contributed by atoms with Gasteiger partial charge in [0.05, 0.1) is 0 Å². The third-order valence-corrected chi connectivity index (χ3v) is 5.22.